The van der Waals surface area contributed by atoms with Crippen LogP contribution in [0.1, 0.15) is 32.6 Å². The van der Waals surface area contributed by atoms with E-state index in [4.69, 9.17) is 9.57 Å². The van der Waals surface area contributed by atoms with Crippen LogP contribution in [0.5, 0.6) is 0 Å². The van der Waals surface area contributed by atoms with Crippen LogP contribution in [0.25, 0.3) is 0 Å². The maximum Gasteiger partial charge on any atom is 0.237 e. The van der Waals surface area contributed by atoms with E-state index in [0.29, 0.717) is 6.42 Å². The number of ether oxygens (including phenoxy) is 1. The highest BCUT2D eigenvalue weighted by atomic mass is 16.8. The second-order valence-electron chi connectivity index (χ2n) is 4.39. The summed E-state index contributed by atoms with van der Waals surface area (Å²) in [5.41, 5.74) is 0.770. The van der Waals surface area contributed by atoms with Crippen LogP contribution < -0.4 is 10.6 Å². The molecule has 1 rings (SSSR count). The molecule has 0 aromatic heterocycles. The van der Waals surface area contributed by atoms with Gasteiger partial charge in [0.2, 0.25) is 12.2 Å². The van der Waals surface area contributed by atoms with Crippen molar-refractivity contribution in [1.82, 2.24) is 10.6 Å². The van der Waals surface area contributed by atoms with Gasteiger partial charge in [0.05, 0.1) is 18.4 Å². The third kappa shape index (κ3) is 5.01. The van der Waals surface area contributed by atoms with Crippen molar-refractivity contribution in [3.05, 3.63) is 0 Å². The minimum Gasteiger partial charge on any atom is -0.364 e. The summed E-state index contributed by atoms with van der Waals surface area (Å²) in [6, 6.07) is -0.283. The van der Waals surface area contributed by atoms with Gasteiger partial charge in [0, 0.05) is 19.9 Å². The Hall–Kier alpha value is -1.14. The van der Waals surface area contributed by atoms with Gasteiger partial charge in [-0.2, -0.15) is 0 Å². The Morgan fingerprint density at radius 2 is 2.28 bits per heavy atom. The first kappa shape index (κ1) is 14.9. The Morgan fingerprint density at radius 1 is 1.50 bits per heavy atom. The highest BCUT2D eigenvalue weighted by molar-refractivity contribution is 5.90. The molecule has 2 atom stereocenters. The van der Waals surface area contributed by atoms with E-state index in [1.807, 2.05) is 6.92 Å². The molecule has 18 heavy (non-hydrogen) atoms. The molecule has 6 heteroatoms. The topological polar surface area (TPSA) is 72.0 Å². The summed E-state index contributed by atoms with van der Waals surface area (Å²) in [5.74, 6) is -0.0547. The monoisotopic (exact) mass is 257 g/mol. The maximum atomic E-state index is 11.5. The summed E-state index contributed by atoms with van der Waals surface area (Å²) in [7, 11) is 3.36. The zero-order valence-electron chi connectivity index (χ0n) is 11.4. The predicted molar refractivity (Wildman–Crippen MR) is 69.3 cm³/mol. The molecule has 6 nitrogen and oxygen atoms in total. The molecule has 0 saturated carbocycles. The number of nitrogens with zero attached hydrogens (tertiary/aromatic N) is 1. The smallest absolute Gasteiger partial charge is 0.237 e. The minimum atomic E-state index is -0.283. The molecule has 1 unspecified atom stereocenters. The lowest BCUT2D eigenvalue weighted by Gasteiger charge is -2.20. The van der Waals surface area contributed by atoms with Gasteiger partial charge in [-0.3, -0.25) is 4.79 Å². The SMILES string of the molecule is CNC(=O)[C@H](C/C(C)=N\OC1CCCCO1)NC. The number of carbonyl (C=O) groups excluding carboxylic acids is 1. The molecule has 104 valence electrons. The fraction of sp³-hybridized carbons (Fsp3) is 0.833. The zero-order valence-corrected chi connectivity index (χ0v) is 11.4. The summed E-state index contributed by atoms with van der Waals surface area (Å²) < 4.78 is 5.40. The van der Waals surface area contributed by atoms with E-state index in [1.54, 1.807) is 14.1 Å². The Labute approximate surface area is 108 Å². The molecule has 0 spiro atoms. The lowest BCUT2D eigenvalue weighted by Crippen LogP contribution is -2.42. The largest absolute Gasteiger partial charge is 0.364 e. The quantitative estimate of drug-likeness (QED) is 0.541. The maximum absolute atomic E-state index is 11.5. The summed E-state index contributed by atoms with van der Waals surface area (Å²) >= 11 is 0. The van der Waals surface area contributed by atoms with Crippen molar-refractivity contribution in [2.24, 2.45) is 5.16 Å². The third-order valence-corrected chi connectivity index (χ3v) is 2.87. The number of oxime groups is 1. The molecular formula is C12H23N3O3. The number of hydrogen-bond acceptors (Lipinski definition) is 5. The van der Waals surface area contributed by atoms with Crippen molar-refractivity contribution in [3.63, 3.8) is 0 Å². The first-order valence-electron chi connectivity index (χ1n) is 6.37. The number of carbonyl (C=O) groups is 1. The van der Waals surface area contributed by atoms with Crippen LogP contribution in [0.2, 0.25) is 0 Å². The van der Waals surface area contributed by atoms with Gasteiger partial charge in [0.1, 0.15) is 0 Å². The summed E-state index contributed by atoms with van der Waals surface area (Å²) in [6.45, 7) is 2.58. The number of amides is 1. The first-order valence-corrected chi connectivity index (χ1v) is 6.37. The summed E-state index contributed by atoms with van der Waals surface area (Å²) in [6.07, 6.45) is 3.35. The van der Waals surface area contributed by atoms with Gasteiger partial charge in [-0.05, 0) is 26.8 Å². The number of rotatable bonds is 6. The van der Waals surface area contributed by atoms with Gasteiger partial charge < -0.3 is 20.2 Å². The van der Waals surface area contributed by atoms with Gasteiger partial charge in [0.25, 0.3) is 0 Å². The molecule has 1 aliphatic heterocycles. The number of nitrogens with one attached hydrogen (secondary N) is 2. The Balaban J connectivity index is 2.37. The first-order chi connectivity index (χ1) is 8.67. The lowest BCUT2D eigenvalue weighted by atomic mass is 10.1. The van der Waals surface area contributed by atoms with E-state index in [0.717, 1.165) is 31.6 Å². The lowest BCUT2D eigenvalue weighted by molar-refractivity contribution is -0.162. The molecule has 0 aliphatic carbocycles. The van der Waals surface area contributed by atoms with E-state index >= 15 is 0 Å². The molecule has 1 fully saturated rings. The van der Waals surface area contributed by atoms with Crippen LogP contribution in [0.4, 0.5) is 0 Å². The van der Waals surface area contributed by atoms with Gasteiger partial charge in [-0.15, -0.1) is 0 Å². The molecule has 1 heterocycles. The van der Waals surface area contributed by atoms with E-state index in [-0.39, 0.29) is 18.2 Å². The van der Waals surface area contributed by atoms with Crippen LogP contribution in [-0.2, 0) is 14.4 Å². The summed E-state index contributed by atoms with van der Waals surface area (Å²) in [5, 5.41) is 9.57. The zero-order chi connectivity index (χ0) is 13.4. The second-order valence-corrected chi connectivity index (χ2v) is 4.39. The van der Waals surface area contributed by atoms with Crippen molar-refractivity contribution in [2.45, 2.75) is 44.9 Å². The Morgan fingerprint density at radius 3 is 2.83 bits per heavy atom. The van der Waals surface area contributed by atoms with E-state index in [1.165, 1.54) is 0 Å². The average Bonchev–Trinajstić information content (AvgIpc) is 2.42. The van der Waals surface area contributed by atoms with Gasteiger partial charge >= 0.3 is 0 Å². The van der Waals surface area contributed by atoms with Crippen LogP contribution >= 0.6 is 0 Å². The van der Waals surface area contributed by atoms with Crippen LogP contribution in [0.15, 0.2) is 5.16 Å². The predicted octanol–water partition coefficient (Wildman–Crippen LogP) is 0.630. The Kier molecular flexibility index (Phi) is 6.67. The molecule has 1 aliphatic rings. The van der Waals surface area contributed by atoms with Crippen LogP contribution in [0.3, 0.4) is 0 Å². The van der Waals surface area contributed by atoms with Crippen LogP contribution in [-0.4, -0.2) is 44.7 Å². The van der Waals surface area contributed by atoms with Gasteiger partial charge in [0.15, 0.2) is 0 Å². The van der Waals surface area contributed by atoms with Gasteiger partial charge in [-0.25, -0.2) is 0 Å². The molecule has 1 saturated heterocycles. The normalized spacial score (nSPS) is 22.4. The third-order valence-electron chi connectivity index (χ3n) is 2.87. The van der Waals surface area contributed by atoms with Crippen molar-refractivity contribution in [1.29, 1.82) is 0 Å². The molecule has 0 aromatic rings. The standard InChI is InChI=1S/C12H23N3O3/c1-9(8-10(13-2)12(16)14-3)15-18-11-6-4-5-7-17-11/h10-11,13H,4-8H2,1-3H3,(H,14,16)/b15-9-/t10-,11?/m0/s1. The molecule has 1 amide bonds. The second kappa shape index (κ2) is 8.05. The fourth-order valence-corrected chi connectivity index (χ4v) is 1.78. The van der Waals surface area contributed by atoms with Crippen molar-refractivity contribution >= 4 is 11.6 Å². The van der Waals surface area contributed by atoms with Gasteiger partial charge in [-0.1, -0.05) is 5.16 Å². The average molecular weight is 257 g/mol. The van der Waals surface area contributed by atoms with E-state index in [2.05, 4.69) is 15.8 Å². The molecular weight excluding hydrogens is 234 g/mol. The van der Waals surface area contributed by atoms with Crippen molar-refractivity contribution < 1.29 is 14.4 Å². The molecule has 0 radical (unpaired) electrons. The number of likely N-dealkylation sites (N-methyl/N-ethyl adjacent to an activating group) is 2. The molecule has 2 N–H and O–H groups in total. The molecule has 0 bridgehead atoms. The highest BCUT2D eigenvalue weighted by Gasteiger charge is 2.17. The van der Waals surface area contributed by atoms with Crippen molar-refractivity contribution in [3.8, 4) is 0 Å². The fourth-order valence-electron chi connectivity index (χ4n) is 1.78. The van der Waals surface area contributed by atoms with E-state index < -0.39 is 0 Å². The van der Waals surface area contributed by atoms with E-state index in [9.17, 15) is 4.79 Å². The summed E-state index contributed by atoms with van der Waals surface area (Å²) in [4.78, 5) is 16.8. The van der Waals surface area contributed by atoms with Crippen molar-refractivity contribution in [2.75, 3.05) is 20.7 Å². The Bertz CT molecular complexity index is 288. The molecule has 0 aromatic carbocycles. The number of hydrogen-bond donors (Lipinski definition) is 2. The minimum absolute atomic E-state index is 0.0547. The highest BCUT2D eigenvalue weighted by Crippen LogP contribution is 2.14. The van der Waals surface area contributed by atoms with Crippen LogP contribution in [0, 0.1) is 0 Å².